The maximum Gasteiger partial charge on any atom is 0.350 e. The van der Waals surface area contributed by atoms with Crippen molar-refractivity contribution in [3.8, 4) is 11.3 Å². The third-order valence-corrected chi connectivity index (χ3v) is 5.38. The van der Waals surface area contributed by atoms with Crippen molar-refractivity contribution in [1.29, 1.82) is 0 Å². The highest BCUT2D eigenvalue weighted by atomic mass is 16.5. The summed E-state index contributed by atoms with van der Waals surface area (Å²) >= 11 is 0. The number of hydrogen-bond acceptors (Lipinski definition) is 6. The van der Waals surface area contributed by atoms with E-state index in [1.165, 1.54) is 4.68 Å². The molecule has 0 saturated heterocycles. The first-order valence-electron chi connectivity index (χ1n) is 10.2. The predicted molar refractivity (Wildman–Crippen MR) is 118 cm³/mol. The highest BCUT2D eigenvalue weighted by Crippen LogP contribution is 2.24. The summed E-state index contributed by atoms with van der Waals surface area (Å²) in [6.45, 7) is 4.06. The monoisotopic (exact) mass is 428 g/mol. The third kappa shape index (κ3) is 3.24. The van der Waals surface area contributed by atoms with Crippen LogP contribution in [0.4, 0.5) is 0 Å². The Morgan fingerprint density at radius 2 is 2.00 bits per heavy atom. The molecule has 32 heavy (non-hydrogen) atoms. The van der Waals surface area contributed by atoms with Gasteiger partial charge in [-0.2, -0.15) is 0 Å². The zero-order valence-corrected chi connectivity index (χ0v) is 17.6. The van der Waals surface area contributed by atoms with Crippen LogP contribution >= 0.6 is 0 Å². The third-order valence-electron chi connectivity index (χ3n) is 5.38. The lowest BCUT2D eigenvalue weighted by atomic mass is 10.1. The Morgan fingerprint density at radius 1 is 1.16 bits per heavy atom. The second-order valence-corrected chi connectivity index (χ2v) is 7.51. The van der Waals surface area contributed by atoms with Crippen molar-refractivity contribution >= 4 is 22.5 Å². The summed E-state index contributed by atoms with van der Waals surface area (Å²) in [5, 5.41) is 12.3. The molecule has 4 heterocycles. The quantitative estimate of drug-likeness (QED) is 0.461. The highest BCUT2D eigenvalue weighted by molar-refractivity contribution is 6.00. The fraction of sp³-hybridized carbons (Fsp3) is 0.174. The Morgan fingerprint density at radius 3 is 2.81 bits per heavy atom. The van der Waals surface area contributed by atoms with E-state index in [9.17, 15) is 9.59 Å². The van der Waals surface area contributed by atoms with Gasteiger partial charge in [0.05, 0.1) is 12.1 Å². The second kappa shape index (κ2) is 7.77. The molecule has 0 fully saturated rings. The lowest BCUT2D eigenvalue weighted by Crippen LogP contribution is -2.31. The molecule has 0 saturated carbocycles. The number of pyridine rings is 2. The van der Waals surface area contributed by atoms with Crippen LogP contribution < -0.4 is 11.0 Å². The standard InChI is InChI=1S/C23H20N6O3/c1-14-12-16-6-3-4-8-18(16)29-21(14)26-28(23(29)31)11-10-25-22(30)19-15(2)32-27-20(19)17-7-5-9-24-13-17/h3-9,12-13H,10-11H2,1-2H3,(H,25,30). The van der Waals surface area contributed by atoms with Crippen LogP contribution in [-0.2, 0) is 6.54 Å². The van der Waals surface area contributed by atoms with Crippen LogP contribution in [0.25, 0.3) is 27.8 Å². The van der Waals surface area contributed by atoms with E-state index in [2.05, 4.69) is 20.6 Å². The Hall–Kier alpha value is -4.27. The number of nitrogens with zero attached hydrogens (tertiary/aromatic N) is 5. The van der Waals surface area contributed by atoms with Crippen LogP contribution in [-0.4, -0.2) is 36.8 Å². The number of carbonyl (C=O) groups is 1. The van der Waals surface area contributed by atoms with E-state index in [0.717, 1.165) is 16.5 Å². The van der Waals surface area contributed by atoms with Crippen molar-refractivity contribution in [2.45, 2.75) is 20.4 Å². The minimum absolute atomic E-state index is 0.219. The average molecular weight is 428 g/mol. The smallest absolute Gasteiger partial charge is 0.350 e. The first-order valence-corrected chi connectivity index (χ1v) is 10.2. The Kier molecular flexibility index (Phi) is 4.78. The van der Waals surface area contributed by atoms with Gasteiger partial charge in [0, 0.05) is 24.5 Å². The van der Waals surface area contributed by atoms with Crippen molar-refractivity contribution in [3.05, 3.63) is 82.2 Å². The molecule has 0 spiro atoms. The number of fused-ring (bicyclic) bond motifs is 3. The van der Waals surface area contributed by atoms with E-state index in [4.69, 9.17) is 4.52 Å². The SMILES string of the molecule is Cc1onc(-c2cccnc2)c1C(=O)NCCn1nc2c(C)cc3ccccc3n2c1=O. The first kappa shape index (κ1) is 19.7. The van der Waals surface area contributed by atoms with Crippen LogP contribution in [0.2, 0.25) is 0 Å². The number of rotatable bonds is 5. The Balaban J connectivity index is 1.39. The maximum absolute atomic E-state index is 13.0. The molecule has 5 rings (SSSR count). The fourth-order valence-electron chi connectivity index (χ4n) is 3.84. The molecule has 5 aromatic rings. The van der Waals surface area contributed by atoms with Crippen molar-refractivity contribution in [3.63, 3.8) is 0 Å². The average Bonchev–Trinajstić information content (AvgIpc) is 3.35. The van der Waals surface area contributed by atoms with Crippen molar-refractivity contribution in [2.75, 3.05) is 6.54 Å². The van der Waals surface area contributed by atoms with Gasteiger partial charge in [0.1, 0.15) is 17.0 Å². The van der Waals surface area contributed by atoms with Crippen LogP contribution in [0.1, 0.15) is 21.7 Å². The fourth-order valence-corrected chi connectivity index (χ4v) is 3.84. The second-order valence-electron chi connectivity index (χ2n) is 7.51. The van der Waals surface area contributed by atoms with Crippen molar-refractivity contribution in [2.24, 2.45) is 0 Å². The summed E-state index contributed by atoms with van der Waals surface area (Å²) in [5.41, 5.74) is 3.54. The van der Waals surface area contributed by atoms with E-state index in [1.807, 2.05) is 43.3 Å². The van der Waals surface area contributed by atoms with Gasteiger partial charge in [0.25, 0.3) is 5.91 Å². The van der Waals surface area contributed by atoms with Crippen molar-refractivity contribution in [1.82, 2.24) is 29.6 Å². The molecular weight excluding hydrogens is 408 g/mol. The molecule has 1 N–H and O–H groups in total. The zero-order chi connectivity index (χ0) is 22.2. The molecule has 0 aliphatic carbocycles. The van der Waals surface area contributed by atoms with Gasteiger partial charge in [0.2, 0.25) is 0 Å². The number of aromatic nitrogens is 5. The van der Waals surface area contributed by atoms with E-state index in [1.54, 1.807) is 29.8 Å². The van der Waals surface area contributed by atoms with Gasteiger partial charge in [-0.05, 0) is 49.1 Å². The number of nitrogens with one attached hydrogen (secondary N) is 1. The Bertz CT molecular complexity index is 1510. The molecule has 0 radical (unpaired) electrons. The molecule has 1 aromatic carbocycles. The highest BCUT2D eigenvalue weighted by Gasteiger charge is 2.21. The molecule has 9 heteroatoms. The molecule has 160 valence electrons. The summed E-state index contributed by atoms with van der Waals surface area (Å²) in [6.07, 6.45) is 3.27. The summed E-state index contributed by atoms with van der Waals surface area (Å²) in [4.78, 5) is 29.9. The lowest BCUT2D eigenvalue weighted by Gasteiger charge is -2.05. The van der Waals surface area contributed by atoms with Gasteiger partial charge < -0.3 is 9.84 Å². The van der Waals surface area contributed by atoms with E-state index >= 15 is 0 Å². The summed E-state index contributed by atoms with van der Waals surface area (Å²) < 4.78 is 8.22. The molecule has 0 atom stereocenters. The van der Waals surface area contributed by atoms with Crippen LogP contribution in [0.15, 0.2) is 64.2 Å². The van der Waals surface area contributed by atoms with Gasteiger partial charge in [-0.3, -0.25) is 9.78 Å². The number of para-hydroxylation sites is 1. The molecule has 4 aromatic heterocycles. The molecule has 0 aliphatic rings. The predicted octanol–water partition coefficient (Wildman–Crippen LogP) is 2.75. The topological polar surface area (TPSA) is 107 Å². The van der Waals surface area contributed by atoms with E-state index in [0.29, 0.717) is 28.2 Å². The largest absolute Gasteiger partial charge is 0.360 e. The van der Waals surface area contributed by atoms with Crippen LogP contribution in [0.5, 0.6) is 0 Å². The van der Waals surface area contributed by atoms with Crippen LogP contribution in [0, 0.1) is 13.8 Å². The zero-order valence-electron chi connectivity index (χ0n) is 17.6. The summed E-state index contributed by atoms with van der Waals surface area (Å²) in [7, 11) is 0. The van der Waals surface area contributed by atoms with Gasteiger partial charge in [-0.1, -0.05) is 23.4 Å². The van der Waals surface area contributed by atoms with Gasteiger partial charge in [-0.15, -0.1) is 5.10 Å². The molecule has 0 bridgehead atoms. The number of aryl methyl sites for hydroxylation is 2. The van der Waals surface area contributed by atoms with Crippen LogP contribution in [0.3, 0.4) is 0 Å². The molecule has 1 amide bonds. The van der Waals surface area contributed by atoms with E-state index in [-0.39, 0.29) is 24.7 Å². The molecule has 0 aliphatic heterocycles. The minimum atomic E-state index is -0.332. The molecular formula is C23H20N6O3. The minimum Gasteiger partial charge on any atom is -0.360 e. The number of carbonyl (C=O) groups excluding carboxylic acids is 1. The lowest BCUT2D eigenvalue weighted by molar-refractivity contribution is 0.0951. The van der Waals surface area contributed by atoms with Gasteiger partial charge in [-0.25, -0.2) is 13.9 Å². The molecule has 0 unspecified atom stereocenters. The number of hydrogen-bond donors (Lipinski definition) is 1. The van der Waals surface area contributed by atoms with E-state index < -0.39 is 0 Å². The maximum atomic E-state index is 13.0. The van der Waals surface area contributed by atoms with Gasteiger partial charge >= 0.3 is 5.69 Å². The van der Waals surface area contributed by atoms with Crippen molar-refractivity contribution < 1.29 is 9.32 Å². The number of benzene rings is 1. The molecule has 9 nitrogen and oxygen atoms in total. The Labute approximate surface area is 182 Å². The summed E-state index contributed by atoms with van der Waals surface area (Å²) in [6, 6.07) is 13.3. The van der Waals surface area contributed by atoms with Gasteiger partial charge in [0.15, 0.2) is 5.65 Å². The normalized spacial score (nSPS) is 11.3. The number of amides is 1. The first-order chi connectivity index (χ1) is 15.5. The summed E-state index contributed by atoms with van der Waals surface area (Å²) in [5.74, 6) is 0.0781.